The van der Waals surface area contributed by atoms with Crippen LogP contribution in [0.3, 0.4) is 0 Å². The number of nitrogens with one attached hydrogen (secondary N) is 1. The molecular formula is C19H26N2O2S2. The normalized spacial score (nSPS) is 21.2. The van der Waals surface area contributed by atoms with Gasteiger partial charge in [-0.3, -0.25) is 0 Å². The molecule has 1 aromatic carbocycles. The Bertz CT molecular complexity index is 810. The molecule has 3 rings (SSSR count). The Morgan fingerprint density at radius 3 is 2.36 bits per heavy atom. The highest BCUT2D eigenvalue weighted by molar-refractivity contribution is 7.91. The van der Waals surface area contributed by atoms with Crippen LogP contribution in [0.1, 0.15) is 32.6 Å². The first-order valence-electron chi connectivity index (χ1n) is 8.77. The molecule has 25 heavy (non-hydrogen) atoms. The SMILES string of the molecule is CC1CCCC[C@H]1NS(=O)(=O)c1ccc(-c2ccc(N(C)C)cc2)s1. The maximum atomic E-state index is 12.7. The number of hydrogen-bond acceptors (Lipinski definition) is 4. The van der Waals surface area contributed by atoms with Gasteiger partial charge in [0.15, 0.2) is 0 Å². The molecule has 6 heteroatoms. The van der Waals surface area contributed by atoms with Gasteiger partial charge >= 0.3 is 0 Å². The first-order chi connectivity index (χ1) is 11.9. The van der Waals surface area contributed by atoms with Crippen LogP contribution in [0.15, 0.2) is 40.6 Å². The third-order valence-corrected chi connectivity index (χ3v) is 8.05. The van der Waals surface area contributed by atoms with Gasteiger partial charge in [-0.25, -0.2) is 13.1 Å². The van der Waals surface area contributed by atoms with Gasteiger partial charge in [0.2, 0.25) is 10.0 Å². The molecular weight excluding hydrogens is 352 g/mol. The van der Waals surface area contributed by atoms with Crippen LogP contribution in [0, 0.1) is 5.92 Å². The van der Waals surface area contributed by atoms with E-state index in [9.17, 15) is 8.42 Å². The van der Waals surface area contributed by atoms with Crippen molar-refractivity contribution in [2.45, 2.75) is 42.9 Å². The van der Waals surface area contributed by atoms with Gasteiger partial charge in [-0.2, -0.15) is 0 Å². The Morgan fingerprint density at radius 2 is 1.72 bits per heavy atom. The second kappa shape index (κ2) is 7.48. The van der Waals surface area contributed by atoms with Gasteiger partial charge in [-0.1, -0.05) is 31.9 Å². The largest absolute Gasteiger partial charge is 0.378 e. The summed E-state index contributed by atoms with van der Waals surface area (Å²) in [6, 6.07) is 11.8. The van der Waals surface area contributed by atoms with E-state index in [0.29, 0.717) is 10.1 Å². The number of nitrogens with zero attached hydrogens (tertiary/aromatic N) is 1. The summed E-state index contributed by atoms with van der Waals surface area (Å²) in [4.78, 5) is 3.02. The van der Waals surface area contributed by atoms with Crippen LogP contribution >= 0.6 is 11.3 Å². The Morgan fingerprint density at radius 1 is 1.04 bits per heavy atom. The van der Waals surface area contributed by atoms with Crippen LogP contribution in [0.2, 0.25) is 0 Å². The molecule has 1 unspecified atom stereocenters. The fourth-order valence-corrected chi connectivity index (χ4v) is 6.00. The quantitative estimate of drug-likeness (QED) is 0.842. The fraction of sp³-hybridized carbons (Fsp3) is 0.474. The molecule has 1 aromatic heterocycles. The Kier molecular flexibility index (Phi) is 5.51. The van der Waals surface area contributed by atoms with E-state index in [1.807, 2.05) is 49.3 Å². The van der Waals surface area contributed by atoms with Crippen LogP contribution in [-0.2, 0) is 10.0 Å². The minimum Gasteiger partial charge on any atom is -0.378 e. The van der Waals surface area contributed by atoms with Crippen LogP contribution in [0.25, 0.3) is 10.4 Å². The number of hydrogen-bond donors (Lipinski definition) is 1. The van der Waals surface area contributed by atoms with Crippen molar-refractivity contribution in [3.05, 3.63) is 36.4 Å². The van der Waals surface area contributed by atoms with Crippen molar-refractivity contribution in [3.63, 3.8) is 0 Å². The molecule has 1 heterocycles. The molecule has 1 N–H and O–H groups in total. The molecule has 0 aliphatic heterocycles. The predicted octanol–water partition coefficient (Wildman–Crippen LogP) is 4.34. The molecule has 1 aliphatic rings. The first kappa shape index (κ1) is 18.4. The second-order valence-corrected chi connectivity index (χ2v) is 10.1. The molecule has 0 spiro atoms. The number of rotatable bonds is 5. The highest BCUT2D eigenvalue weighted by Crippen LogP contribution is 2.33. The molecule has 0 amide bonds. The molecule has 0 saturated heterocycles. The summed E-state index contributed by atoms with van der Waals surface area (Å²) < 4.78 is 28.8. The highest BCUT2D eigenvalue weighted by atomic mass is 32.2. The van der Waals surface area contributed by atoms with E-state index in [4.69, 9.17) is 0 Å². The molecule has 2 atom stereocenters. The summed E-state index contributed by atoms with van der Waals surface area (Å²) in [5, 5.41) is 0. The third-order valence-electron chi connectivity index (χ3n) is 4.93. The molecule has 136 valence electrons. The molecule has 4 nitrogen and oxygen atoms in total. The standard InChI is InChI=1S/C19H26N2O2S2/c1-14-6-4-5-7-17(14)20-25(22,23)19-13-12-18(24-19)15-8-10-16(11-9-15)21(2)3/h8-14,17,20H,4-7H2,1-3H3/t14?,17-/m1/s1. The minimum absolute atomic E-state index is 0.0590. The van der Waals surface area contributed by atoms with Crippen LogP contribution in [-0.4, -0.2) is 28.6 Å². The van der Waals surface area contributed by atoms with Crippen molar-refractivity contribution in [2.75, 3.05) is 19.0 Å². The average molecular weight is 379 g/mol. The van der Waals surface area contributed by atoms with Gasteiger partial charge in [-0.05, 0) is 48.6 Å². The van der Waals surface area contributed by atoms with Gasteiger partial charge in [0.1, 0.15) is 4.21 Å². The van der Waals surface area contributed by atoms with Crippen LogP contribution in [0.5, 0.6) is 0 Å². The maximum absolute atomic E-state index is 12.7. The lowest BCUT2D eigenvalue weighted by Crippen LogP contribution is -2.40. The number of benzene rings is 1. The number of sulfonamides is 1. The Balaban J connectivity index is 1.77. The van der Waals surface area contributed by atoms with Crippen LogP contribution in [0.4, 0.5) is 5.69 Å². The minimum atomic E-state index is -3.44. The third kappa shape index (κ3) is 4.25. The van der Waals surface area contributed by atoms with E-state index in [-0.39, 0.29) is 6.04 Å². The lowest BCUT2D eigenvalue weighted by atomic mass is 9.87. The van der Waals surface area contributed by atoms with Gasteiger partial charge in [-0.15, -0.1) is 11.3 Å². The lowest BCUT2D eigenvalue weighted by molar-refractivity contribution is 0.310. The van der Waals surface area contributed by atoms with Crippen molar-refractivity contribution < 1.29 is 8.42 Å². The summed E-state index contributed by atoms with van der Waals surface area (Å²) in [5.41, 5.74) is 2.17. The van der Waals surface area contributed by atoms with E-state index in [1.165, 1.54) is 17.8 Å². The monoisotopic (exact) mass is 378 g/mol. The maximum Gasteiger partial charge on any atom is 0.250 e. The fourth-order valence-electron chi connectivity index (χ4n) is 3.29. The van der Waals surface area contributed by atoms with E-state index in [1.54, 1.807) is 6.07 Å². The summed E-state index contributed by atoms with van der Waals surface area (Å²) in [6.07, 6.45) is 4.34. The zero-order chi connectivity index (χ0) is 18.0. The van der Waals surface area contributed by atoms with Gasteiger partial charge < -0.3 is 4.90 Å². The average Bonchev–Trinajstić information content (AvgIpc) is 3.08. The molecule has 1 fully saturated rings. The van der Waals surface area contributed by atoms with Crippen molar-refractivity contribution >= 4 is 27.0 Å². The summed E-state index contributed by atoms with van der Waals surface area (Å²) in [5.74, 6) is 0.404. The topological polar surface area (TPSA) is 49.4 Å². The second-order valence-electron chi connectivity index (χ2n) is 7.05. The van der Waals surface area contributed by atoms with Gasteiger partial charge in [0.25, 0.3) is 0 Å². The summed E-state index contributed by atoms with van der Waals surface area (Å²) in [7, 11) is 0.564. The van der Waals surface area contributed by atoms with E-state index >= 15 is 0 Å². The molecule has 0 radical (unpaired) electrons. The van der Waals surface area contributed by atoms with E-state index < -0.39 is 10.0 Å². The molecule has 0 bridgehead atoms. The first-order valence-corrected chi connectivity index (χ1v) is 11.1. The zero-order valence-corrected chi connectivity index (χ0v) is 16.7. The summed E-state index contributed by atoms with van der Waals surface area (Å²) in [6.45, 7) is 2.14. The van der Waals surface area contributed by atoms with E-state index in [0.717, 1.165) is 35.4 Å². The number of thiophene rings is 1. The van der Waals surface area contributed by atoms with Gasteiger partial charge in [0, 0.05) is 30.7 Å². The highest BCUT2D eigenvalue weighted by Gasteiger charge is 2.27. The van der Waals surface area contributed by atoms with E-state index in [2.05, 4.69) is 11.6 Å². The number of anilines is 1. The molecule has 1 aliphatic carbocycles. The lowest BCUT2D eigenvalue weighted by Gasteiger charge is -2.28. The Hall–Kier alpha value is -1.37. The predicted molar refractivity (Wildman–Crippen MR) is 106 cm³/mol. The zero-order valence-electron chi connectivity index (χ0n) is 15.0. The van der Waals surface area contributed by atoms with Crippen molar-refractivity contribution in [3.8, 4) is 10.4 Å². The van der Waals surface area contributed by atoms with Crippen LogP contribution < -0.4 is 9.62 Å². The molecule has 1 saturated carbocycles. The van der Waals surface area contributed by atoms with Crippen molar-refractivity contribution in [1.29, 1.82) is 0 Å². The van der Waals surface area contributed by atoms with Gasteiger partial charge in [0.05, 0.1) is 0 Å². The van der Waals surface area contributed by atoms with Crippen molar-refractivity contribution in [1.82, 2.24) is 4.72 Å². The van der Waals surface area contributed by atoms with Crippen molar-refractivity contribution in [2.24, 2.45) is 5.92 Å². The molecule has 2 aromatic rings. The smallest absolute Gasteiger partial charge is 0.250 e. The summed E-state index contributed by atoms with van der Waals surface area (Å²) >= 11 is 1.33. The Labute approximate surface area is 154 Å².